The molecule has 120 valence electrons. The quantitative estimate of drug-likeness (QED) is 0.887. The fraction of sp³-hybridized carbons (Fsp3) is 0.500. The van der Waals surface area contributed by atoms with Gasteiger partial charge in [-0.3, -0.25) is 4.79 Å². The van der Waals surface area contributed by atoms with Crippen molar-refractivity contribution in [1.82, 2.24) is 4.31 Å². The summed E-state index contributed by atoms with van der Waals surface area (Å²) in [4.78, 5) is 11.9. The summed E-state index contributed by atoms with van der Waals surface area (Å²) in [7, 11) is -3.84. The average molecular weight is 326 g/mol. The molecule has 3 rings (SSSR count). The predicted octanol–water partition coefficient (Wildman–Crippen LogP) is 0.834. The van der Waals surface area contributed by atoms with Gasteiger partial charge in [0.05, 0.1) is 4.90 Å². The van der Waals surface area contributed by atoms with Crippen molar-refractivity contribution < 1.29 is 22.7 Å². The lowest BCUT2D eigenvalue weighted by atomic mass is 9.90. The molecule has 1 atom stereocenters. The maximum Gasteiger partial charge on any atom is 0.244 e. The van der Waals surface area contributed by atoms with Crippen molar-refractivity contribution in [1.29, 1.82) is 0 Å². The van der Waals surface area contributed by atoms with E-state index >= 15 is 0 Å². The Kier molecular flexibility index (Phi) is 3.53. The van der Waals surface area contributed by atoms with Crippen molar-refractivity contribution in [3.63, 3.8) is 0 Å². The van der Waals surface area contributed by atoms with Crippen LogP contribution in [0.1, 0.15) is 26.2 Å². The third-order valence-electron chi connectivity index (χ3n) is 4.29. The summed E-state index contributed by atoms with van der Waals surface area (Å²) in [6.07, 6.45) is 1.89. The lowest BCUT2D eigenvalue weighted by Crippen LogP contribution is -2.59. The molecule has 2 aliphatic heterocycles. The van der Waals surface area contributed by atoms with Gasteiger partial charge in [-0.2, -0.15) is 4.31 Å². The fourth-order valence-corrected chi connectivity index (χ4v) is 4.72. The van der Waals surface area contributed by atoms with E-state index in [9.17, 15) is 13.2 Å². The molecule has 0 aliphatic carbocycles. The molecule has 1 saturated heterocycles. The zero-order valence-electron chi connectivity index (χ0n) is 12.2. The number of nitrogens with two attached hydrogens (primary N) is 1. The Morgan fingerprint density at radius 2 is 2.00 bits per heavy atom. The number of amides is 1. The van der Waals surface area contributed by atoms with Crippen LogP contribution < -0.4 is 15.2 Å². The van der Waals surface area contributed by atoms with Crippen LogP contribution in [0.2, 0.25) is 0 Å². The molecular formula is C14H18N2O5S. The number of fused-ring (bicyclic) bond motifs is 1. The number of hydrogen-bond acceptors (Lipinski definition) is 5. The Labute approximate surface area is 129 Å². The summed E-state index contributed by atoms with van der Waals surface area (Å²) in [5.74, 6) is 0.269. The summed E-state index contributed by atoms with van der Waals surface area (Å²) < 4.78 is 37.5. The van der Waals surface area contributed by atoms with E-state index in [0.29, 0.717) is 24.3 Å². The van der Waals surface area contributed by atoms with E-state index in [1.54, 1.807) is 13.0 Å². The van der Waals surface area contributed by atoms with E-state index in [1.807, 2.05) is 0 Å². The topological polar surface area (TPSA) is 98.9 Å². The maximum absolute atomic E-state index is 12.9. The van der Waals surface area contributed by atoms with Crippen LogP contribution in [0.3, 0.4) is 0 Å². The van der Waals surface area contributed by atoms with Crippen LogP contribution in [0.15, 0.2) is 23.1 Å². The van der Waals surface area contributed by atoms with Crippen molar-refractivity contribution in [2.75, 3.05) is 13.3 Å². The highest BCUT2D eigenvalue weighted by molar-refractivity contribution is 7.89. The molecular weight excluding hydrogens is 308 g/mol. The maximum atomic E-state index is 12.9. The number of rotatable bonds is 3. The third kappa shape index (κ3) is 2.22. The molecule has 2 N–H and O–H groups in total. The minimum atomic E-state index is -3.84. The lowest BCUT2D eigenvalue weighted by Gasteiger charge is -2.41. The van der Waals surface area contributed by atoms with Gasteiger partial charge < -0.3 is 15.2 Å². The van der Waals surface area contributed by atoms with E-state index in [2.05, 4.69) is 0 Å². The number of primary amides is 1. The Hall–Kier alpha value is -1.80. The first kappa shape index (κ1) is 15.1. The van der Waals surface area contributed by atoms with Crippen molar-refractivity contribution in [3.8, 4) is 11.5 Å². The van der Waals surface area contributed by atoms with Crippen LogP contribution in [0.5, 0.6) is 11.5 Å². The second-order valence-electron chi connectivity index (χ2n) is 5.69. The third-order valence-corrected chi connectivity index (χ3v) is 6.30. The van der Waals surface area contributed by atoms with Gasteiger partial charge in [0.15, 0.2) is 11.5 Å². The van der Waals surface area contributed by atoms with E-state index < -0.39 is 21.5 Å². The van der Waals surface area contributed by atoms with Crippen molar-refractivity contribution in [2.24, 2.45) is 5.73 Å². The molecule has 1 amide bonds. The SMILES string of the molecule is CC1(C(N)=O)CCCCN1S(=O)(=O)c1ccc2c(c1)OCO2. The molecule has 8 heteroatoms. The summed E-state index contributed by atoms with van der Waals surface area (Å²) in [6.45, 7) is 1.93. The molecule has 1 aromatic carbocycles. The zero-order chi connectivity index (χ0) is 16.0. The van der Waals surface area contributed by atoms with E-state index in [1.165, 1.54) is 16.4 Å². The molecule has 0 aromatic heterocycles. The minimum Gasteiger partial charge on any atom is -0.454 e. The standard InChI is InChI=1S/C14H18N2O5S/c1-14(13(15)17)6-2-3-7-16(14)22(18,19)10-4-5-11-12(8-10)21-9-20-11/h4-5,8H,2-3,6-7,9H2,1H3,(H2,15,17). The van der Waals surface area contributed by atoms with Gasteiger partial charge in [-0.25, -0.2) is 8.42 Å². The second-order valence-corrected chi connectivity index (χ2v) is 7.55. The van der Waals surface area contributed by atoms with Gasteiger partial charge in [-0.15, -0.1) is 0 Å². The minimum absolute atomic E-state index is 0.0710. The lowest BCUT2D eigenvalue weighted by molar-refractivity contribution is -0.128. The molecule has 22 heavy (non-hydrogen) atoms. The van der Waals surface area contributed by atoms with Gasteiger partial charge in [-0.05, 0) is 38.3 Å². The average Bonchev–Trinajstić information content (AvgIpc) is 2.94. The van der Waals surface area contributed by atoms with Crippen LogP contribution in [0.4, 0.5) is 0 Å². The number of carbonyl (C=O) groups is 1. The van der Waals surface area contributed by atoms with Gasteiger partial charge in [0.25, 0.3) is 0 Å². The van der Waals surface area contributed by atoms with Gasteiger partial charge in [0, 0.05) is 12.6 Å². The van der Waals surface area contributed by atoms with E-state index in [-0.39, 0.29) is 18.2 Å². The number of sulfonamides is 1. The fourth-order valence-electron chi connectivity index (χ4n) is 2.89. The van der Waals surface area contributed by atoms with Crippen LogP contribution in [0, 0.1) is 0 Å². The Morgan fingerprint density at radius 3 is 2.73 bits per heavy atom. The number of ether oxygens (including phenoxy) is 2. The zero-order valence-corrected chi connectivity index (χ0v) is 13.1. The van der Waals surface area contributed by atoms with Crippen molar-refractivity contribution in [2.45, 2.75) is 36.6 Å². The highest BCUT2D eigenvalue weighted by atomic mass is 32.2. The normalized spacial score (nSPS) is 25.1. The number of carbonyl (C=O) groups excluding carboxylic acids is 1. The van der Waals surface area contributed by atoms with Gasteiger partial charge in [0.2, 0.25) is 22.7 Å². The van der Waals surface area contributed by atoms with Crippen LogP contribution in [-0.4, -0.2) is 37.5 Å². The highest BCUT2D eigenvalue weighted by Gasteiger charge is 2.46. The van der Waals surface area contributed by atoms with Crippen LogP contribution in [-0.2, 0) is 14.8 Å². The molecule has 0 spiro atoms. The molecule has 2 aliphatic rings. The summed E-state index contributed by atoms with van der Waals surface area (Å²) >= 11 is 0. The Morgan fingerprint density at radius 1 is 1.27 bits per heavy atom. The van der Waals surface area contributed by atoms with Gasteiger partial charge in [-0.1, -0.05) is 0 Å². The first-order valence-corrected chi connectivity index (χ1v) is 8.52. The Balaban J connectivity index is 2.03. The molecule has 1 fully saturated rings. The molecule has 1 unspecified atom stereocenters. The van der Waals surface area contributed by atoms with Gasteiger partial charge in [0.1, 0.15) is 5.54 Å². The van der Waals surface area contributed by atoms with Gasteiger partial charge >= 0.3 is 0 Å². The molecule has 7 nitrogen and oxygen atoms in total. The number of piperidine rings is 1. The summed E-state index contributed by atoms with van der Waals surface area (Å²) in [5, 5.41) is 0. The molecule has 0 saturated carbocycles. The number of hydrogen-bond donors (Lipinski definition) is 1. The summed E-state index contributed by atoms with van der Waals surface area (Å²) in [5.41, 5.74) is 4.27. The highest BCUT2D eigenvalue weighted by Crippen LogP contribution is 2.37. The first-order valence-electron chi connectivity index (χ1n) is 7.08. The molecule has 0 bridgehead atoms. The second kappa shape index (κ2) is 5.13. The molecule has 0 radical (unpaired) electrons. The first-order chi connectivity index (χ1) is 10.4. The number of nitrogens with zero attached hydrogens (tertiary/aromatic N) is 1. The van der Waals surface area contributed by atoms with Crippen molar-refractivity contribution in [3.05, 3.63) is 18.2 Å². The largest absolute Gasteiger partial charge is 0.454 e. The van der Waals surface area contributed by atoms with Crippen LogP contribution in [0.25, 0.3) is 0 Å². The van der Waals surface area contributed by atoms with E-state index in [4.69, 9.17) is 15.2 Å². The van der Waals surface area contributed by atoms with Crippen LogP contribution >= 0.6 is 0 Å². The Bertz CT molecular complexity index is 718. The van der Waals surface area contributed by atoms with Crippen molar-refractivity contribution >= 4 is 15.9 Å². The molecule has 1 aromatic rings. The summed E-state index contributed by atoms with van der Waals surface area (Å²) in [6, 6.07) is 4.44. The monoisotopic (exact) mass is 326 g/mol. The smallest absolute Gasteiger partial charge is 0.244 e. The predicted molar refractivity (Wildman–Crippen MR) is 77.9 cm³/mol. The van der Waals surface area contributed by atoms with E-state index in [0.717, 1.165) is 6.42 Å². The number of benzene rings is 1. The molecule has 2 heterocycles.